The number of hydrogen-bond acceptors (Lipinski definition) is 4. The molecule has 0 amide bonds. The summed E-state index contributed by atoms with van der Waals surface area (Å²) in [6.45, 7) is 8.77. The first-order valence-electron chi connectivity index (χ1n) is 9.64. The normalized spacial score (nSPS) is 24.4. The Balaban J connectivity index is 1.84. The fourth-order valence-electron chi connectivity index (χ4n) is 4.45. The highest BCUT2D eigenvalue weighted by atomic mass is 35.5. The van der Waals surface area contributed by atoms with Gasteiger partial charge in [-0.3, -0.25) is 0 Å². The van der Waals surface area contributed by atoms with Crippen LogP contribution in [-0.4, -0.2) is 32.8 Å². The smallest absolute Gasteiger partial charge is 0.235 e. The molecule has 1 fully saturated rings. The highest BCUT2D eigenvalue weighted by Crippen LogP contribution is 2.37. The Hall–Kier alpha value is -1.63. The van der Waals surface area contributed by atoms with E-state index in [9.17, 15) is 5.11 Å². The Morgan fingerprint density at radius 1 is 1.30 bits per heavy atom. The lowest BCUT2D eigenvalue weighted by molar-refractivity contribution is -0.936. The molecule has 7 heteroatoms. The highest BCUT2D eigenvalue weighted by Gasteiger charge is 2.37. The summed E-state index contributed by atoms with van der Waals surface area (Å²) in [7, 11) is 0. The number of nitrogens with zero attached hydrogens (tertiary/aromatic N) is 3. The molecular weight excluding hydrogens is 380 g/mol. The van der Waals surface area contributed by atoms with Gasteiger partial charge in [0.1, 0.15) is 4.88 Å². The topological polar surface area (TPSA) is 54.9 Å². The number of nitrogens with one attached hydrogen (secondary N) is 1. The number of aromatic nitrogens is 3. The minimum Gasteiger partial charge on any atom is -0.492 e. The third kappa shape index (κ3) is 3.46. The summed E-state index contributed by atoms with van der Waals surface area (Å²) in [6, 6.07) is 7.98. The first-order valence-corrected chi connectivity index (χ1v) is 10.8. The van der Waals surface area contributed by atoms with E-state index in [0.29, 0.717) is 11.8 Å². The van der Waals surface area contributed by atoms with Crippen LogP contribution in [0.2, 0.25) is 5.02 Å². The number of fused-ring (bicyclic) bond motifs is 1. The molecule has 0 saturated carbocycles. The highest BCUT2D eigenvalue weighted by molar-refractivity contribution is 7.17. The predicted molar refractivity (Wildman–Crippen MR) is 109 cm³/mol. The van der Waals surface area contributed by atoms with E-state index in [2.05, 4.69) is 30.0 Å². The van der Waals surface area contributed by atoms with Crippen LogP contribution < -0.4 is 4.90 Å². The SMILES string of the molecule is CCc1nc2sc([C@@H](c3ccccc3Cl)[NH+]3C[C@@H](C)C[C@H](C)C3)c(O)n2n1. The van der Waals surface area contributed by atoms with Crippen molar-refractivity contribution in [3.05, 3.63) is 45.6 Å². The van der Waals surface area contributed by atoms with Crippen LogP contribution in [-0.2, 0) is 6.42 Å². The lowest BCUT2D eigenvalue weighted by Crippen LogP contribution is -3.14. The summed E-state index contributed by atoms with van der Waals surface area (Å²) in [5.74, 6) is 2.24. The van der Waals surface area contributed by atoms with E-state index in [-0.39, 0.29) is 11.9 Å². The maximum atomic E-state index is 11.0. The largest absolute Gasteiger partial charge is 0.492 e. The molecule has 2 aromatic heterocycles. The molecule has 3 aromatic rings. The molecule has 3 atom stereocenters. The Bertz CT molecular complexity index is 943. The number of piperidine rings is 1. The van der Waals surface area contributed by atoms with Crippen molar-refractivity contribution in [2.45, 2.75) is 39.7 Å². The van der Waals surface area contributed by atoms with Crippen LogP contribution in [0, 0.1) is 11.8 Å². The molecule has 1 aromatic carbocycles. The summed E-state index contributed by atoms with van der Waals surface area (Å²) in [4.78, 5) is 7.65. The molecule has 1 aliphatic rings. The third-order valence-electron chi connectivity index (χ3n) is 5.47. The van der Waals surface area contributed by atoms with Gasteiger partial charge in [0, 0.05) is 23.8 Å². The lowest BCUT2D eigenvalue weighted by atomic mass is 9.89. The standard InChI is InChI=1S/C20H25ClN4OS/c1-4-16-22-20-25(23-16)19(26)18(27-20)17(14-7-5-6-8-15(14)21)24-10-12(2)9-13(3)11-24/h5-8,12-13,17,26H,4,9-11H2,1-3H3/p+1/t12-,13-,17+/m0/s1. The molecule has 0 bridgehead atoms. The monoisotopic (exact) mass is 405 g/mol. The number of likely N-dealkylation sites (tertiary alicyclic amines) is 1. The van der Waals surface area contributed by atoms with E-state index in [4.69, 9.17) is 11.6 Å². The van der Waals surface area contributed by atoms with Crippen molar-refractivity contribution >= 4 is 27.9 Å². The average molecular weight is 406 g/mol. The molecule has 3 heterocycles. The number of aromatic hydroxyl groups is 1. The number of halogens is 1. The Morgan fingerprint density at radius 3 is 2.63 bits per heavy atom. The molecule has 0 radical (unpaired) electrons. The maximum Gasteiger partial charge on any atom is 0.235 e. The van der Waals surface area contributed by atoms with E-state index in [1.807, 2.05) is 25.1 Å². The van der Waals surface area contributed by atoms with Crippen molar-refractivity contribution in [1.29, 1.82) is 0 Å². The molecule has 144 valence electrons. The van der Waals surface area contributed by atoms with Gasteiger partial charge in [0.05, 0.1) is 18.1 Å². The van der Waals surface area contributed by atoms with Crippen molar-refractivity contribution in [1.82, 2.24) is 14.6 Å². The summed E-state index contributed by atoms with van der Waals surface area (Å²) in [5, 5.41) is 16.2. The zero-order chi connectivity index (χ0) is 19.1. The van der Waals surface area contributed by atoms with Crippen molar-refractivity contribution in [3.8, 4) is 5.88 Å². The molecular formula is C20H26ClN4OS+. The zero-order valence-electron chi connectivity index (χ0n) is 15.9. The molecule has 0 unspecified atom stereocenters. The Labute approximate surface area is 168 Å². The van der Waals surface area contributed by atoms with Gasteiger partial charge in [-0.15, -0.1) is 5.10 Å². The summed E-state index contributed by atoms with van der Waals surface area (Å²) < 4.78 is 1.58. The van der Waals surface area contributed by atoms with E-state index in [1.165, 1.54) is 22.7 Å². The molecule has 27 heavy (non-hydrogen) atoms. The van der Waals surface area contributed by atoms with Gasteiger partial charge in [0.15, 0.2) is 11.9 Å². The molecule has 0 aliphatic carbocycles. The molecule has 5 nitrogen and oxygen atoms in total. The van der Waals surface area contributed by atoms with Gasteiger partial charge in [0.2, 0.25) is 10.8 Å². The fraction of sp³-hybridized carbons (Fsp3) is 0.500. The van der Waals surface area contributed by atoms with E-state index in [1.54, 1.807) is 4.52 Å². The van der Waals surface area contributed by atoms with Crippen molar-refractivity contribution in [2.24, 2.45) is 11.8 Å². The number of quaternary nitrogens is 1. The third-order valence-corrected chi connectivity index (χ3v) is 6.90. The number of thiazole rings is 1. The minimum absolute atomic E-state index is 0.0116. The Morgan fingerprint density at radius 2 is 2.00 bits per heavy atom. The van der Waals surface area contributed by atoms with Gasteiger partial charge in [-0.1, -0.05) is 61.9 Å². The molecule has 4 rings (SSSR count). The lowest BCUT2D eigenvalue weighted by Gasteiger charge is -2.37. The number of aryl methyl sites for hydroxylation is 1. The first-order chi connectivity index (χ1) is 13.0. The van der Waals surface area contributed by atoms with Crippen LogP contribution in [0.1, 0.15) is 49.5 Å². The second kappa shape index (κ2) is 7.41. The Kier molecular flexibility index (Phi) is 5.14. The van der Waals surface area contributed by atoms with Gasteiger partial charge in [-0.25, -0.2) is 4.98 Å². The van der Waals surface area contributed by atoms with Crippen LogP contribution in [0.5, 0.6) is 5.88 Å². The number of hydrogen-bond donors (Lipinski definition) is 2. The zero-order valence-corrected chi connectivity index (χ0v) is 17.5. The number of benzene rings is 1. The van der Waals surface area contributed by atoms with Crippen LogP contribution in [0.4, 0.5) is 0 Å². The second-order valence-electron chi connectivity index (χ2n) is 7.83. The van der Waals surface area contributed by atoms with Gasteiger partial charge in [-0.2, -0.15) is 4.52 Å². The van der Waals surface area contributed by atoms with Gasteiger partial charge in [0.25, 0.3) is 0 Å². The second-order valence-corrected chi connectivity index (χ2v) is 9.25. The van der Waals surface area contributed by atoms with Crippen LogP contribution in [0.25, 0.3) is 4.96 Å². The summed E-state index contributed by atoms with van der Waals surface area (Å²) >= 11 is 8.13. The summed E-state index contributed by atoms with van der Waals surface area (Å²) in [6.07, 6.45) is 2.00. The predicted octanol–water partition coefficient (Wildman–Crippen LogP) is 3.36. The fourth-order valence-corrected chi connectivity index (χ4v) is 5.85. The minimum atomic E-state index is -0.0116. The van der Waals surface area contributed by atoms with Gasteiger partial charge < -0.3 is 10.0 Å². The van der Waals surface area contributed by atoms with Crippen molar-refractivity contribution in [2.75, 3.05) is 13.1 Å². The van der Waals surface area contributed by atoms with E-state index >= 15 is 0 Å². The quantitative estimate of drug-likeness (QED) is 0.699. The van der Waals surface area contributed by atoms with Gasteiger partial charge in [-0.05, 0) is 12.5 Å². The van der Waals surface area contributed by atoms with Crippen molar-refractivity contribution in [3.63, 3.8) is 0 Å². The first kappa shape index (κ1) is 18.7. The van der Waals surface area contributed by atoms with E-state index in [0.717, 1.165) is 45.8 Å². The number of rotatable bonds is 4. The van der Waals surface area contributed by atoms with Crippen LogP contribution in [0.15, 0.2) is 24.3 Å². The van der Waals surface area contributed by atoms with Crippen LogP contribution in [0.3, 0.4) is 0 Å². The molecule has 1 aliphatic heterocycles. The van der Waals surface area contributed by atoms with E-state index < -0.39 is 0 Å². The van der Waals surface area contributed by atoms with Gasteiger partial charge >= 0.3 is 0 Å². The summed E-state index contributed by atoms with van der Waals surface area (Å²) in [5.41, 5.74) is 1.06. The molecule has 1 saturated heterocycles. The molecule has 2 N–H and O–H groups in total. The van der Waals surface area contributed by atoms with Crippen LogP contribution >= 0.6 is 22.9 Å². The molecule has 0 spiro atoms. The van der Waals surface area contributed by atoms with Crippen molar-refractivity contribution < 1.29 is 10.0 Å². The average Bonchev–Trinajstić information content (AvgIpc) is 3.16. The maximum absolute atomic E-state index is 11.0.